The molecule has 0 aliphatic heterocycles. The van der Waals surface area contributed by atoms with E-state index in [-0.39, 0.29) is 17.1 Å². The fraction of sp³-hybridized carbons (Fsp3) is 1.00. The van der Waals surface area contributed by atoms with E-state index in [1.807, 2.05) is 0 Å². The molecule has 0 saturated heterocycles. The van der Waals surface area contributed by atoms with E-state index in [1.165, 1.54) is 77.0 Å². The third-order valence-electron chi connectivity index (χ3n) is 5.18. The largest absolute Gasteiger partial charge is 1.00 e. The normalized spacial score (nSPS) is 14.2. The highest BCUT2D eigenvalue weighted by molar-refractivity contribution is 4.59. The van der Waals surface area contributed by atoms with E-state index < -0.39 is 5.72 Å². The second kappa shape index (κ2) is 15.4. The van der Waals surface area contributed by atoms with Crippen LogP contribution >= 0.6 is 0 Å². The zero-order valence-electron chi connectivity index (χ0n) is 16.8. The minimum Gasteiger partial charge on any atom is -1.00 e. The van der Waals surface area contributed by atoms with Crippen molar-refractivity contribution in [3.63, 3.8) is 0 Å². The molecule has 0 aromatic rings. The first-order valence-corrected chi connectivity index (χ1v) is 10.1. The van der Waals surface area contributed by atoms with Gasteiger partial charge in [0.25, 0.3) is 0 Å². The van der Waals surface area contributed by atoms with E-state index >= 15 is 0 Å². The van der Waals surface area contributed by atoms with Crippen LogP contribution < -0.4 is 12.4 Å². The van der Waals surface area contributed by atoms with Gasteiger partial charge in [-0.15, -0.1) is 0 Å². The summed E-state index contributed by atoms with van der Waals surface area (Å²) in [4.78, 5) is 0. The molecule has 148 valence electrons. The van der Waals surface area contributed by atoms with Gasteiger partial charge in [-0.3, -0.25) is 0 Å². The Morgan fingerprint density at radius 1 is 0.667 bits per heavy atom. The van der Waals surface area contributed by atoms with Crippen LogP contribution in [0.4, 0.5) is 0 Å². The van der Waals surface area contributed by atoms with Crippen molar-refractivity contribution in [1.29, 1.82) is 0 Å². The second-order valence-corrected chi connectivity index (χ2v) is 7.96. The molecule has 0 bridgehead atoms. The number of quaternary nitrogens is 1. The number of hydrogen-bond acceptors (Lipinski definition) is 2. The molecule has 2 N–H and O–H groups in total. The fourth-order valence-corrected chi connectivity index (χ4v) is 2.93. The van der Waals surface area contributed by atoms with Gasteiger partial charge in [-0.05, 0) is 6.42 Å². The number of unbranched alkanes of at least 4 members (excludes halogenated alkanes) is 13. The fourth-order valence-electron chi connectivity index (χ4n) is 2.93. The van der Waals surface area contributed by atoms with Crippen molar-refractivity contribution in [3.05, 3.63) is 0 Å². The average Bonchev–Trinajstić information content (AvgIpc) is 2.46. The van der Waals surface area contributed by atoms with Crippen LogP contribution in [0.2, 0.25) is 0 Å². The van der Waals surface area contributed by atoms with Gasteiger partial charge in [-0.2, -0.15) is 4.65 Å². The van der Waals surface area contributed by atoms with Gasteiger partial charge in [0, 0.05) is 13.3 Å². The molecule has 0 fully saturated rings. The zero-order chi connectivity index (χ0) is 17.6. The Hall–Kier alpha value is 0.170. The van der Waals surface area contributed by atoms with Crippen LogP contribution in [0.25, 0.3) is 0 Å². The summed E-state index contributed by atoms with van der Waals surface area (Å²) in [5.74, 6) is 0. The molecule has 0 heterocycles. The molecular weight excluding hydrogens is 322 g/mol. The van der Waals surface area contributed by atoms with Crippen molar-refractivity contribution in [2.45, 2.75) is 116 Å². The van der Waals surface area contributed by atoms with Crippen molar-refractivity contribution in [2.75, 3.05) is 14.1 Å². The van der Waals surface area contributed by atoms with Crippen molar-refractivity contribution in [3.8, 4) is 0 Å². The maximum Gasteiger partial charge on any atom is 0.227 e. The Bertz CT molecular complexity index is 265. The summed E-state index contributed by atoms with van der Waals surface area (Å²) in [7, 11) is 3.26. The monoisotopic (exact) mass is 365 g/mol. The first-order valence-electron chi connectivity index (χ1n) is 10.1. The Morgan fingerprint density at radius 2 is 0.958 bits per heavy atom. The first-order chi connectivity index (χ1) is 10.8. The molecule has 0 aromatic heterocycles. The highest BCUT2D eigenvalue weighted by atomic mass is 35.5. The predicted octanol–water partition coefficient (Wildman–Crippen LogP) is 3.04. The van der Waals surface area contributed by atoms with E-state index in [4.69, 9.17) is 0 Å². The van der Waals surface area contributed by atoms with Crippen LogP contribution in [0.3, 0.4) is 0 Å². The molecule has 1 atom stereocenters. The zero-order valence-corrected chi connectivity index (χ0v) is 17.6. The maximum absolute atomic E-state index is 10.2. The number of hydrogen-bond donors (Lipinski definition) is 2. The summed E-state index contributed by atoms with van der Waals surface area (Å²) in [6.45, 7) is 3.99. The van der Waals surface area contributed by atoms with Gasteiger partial charge in [0.2, 0.25) is 5.72 Å². The van der Waals surface area contributed by atoms with Gasteiger partial charge >= 0.3 is 0 Å². The van der Waals surface area contributed by atoms with Gasteiger partial charge < -0.3 is 17.5 Å². The summed E-state index contributed by atoms with van der Waals surface area (Å²) in [6.07, 6.45) is 19.4. The molecule has 0 saturated carbocycles. The lowest BCUT2D eigenvalue weighted by Crippen LogP contribution is -3.00. The smallest absolute Gasteiger partial charge is 0.227 e. The minimum atomic E-state index is -1.03. The van der Waals surface area contributed by atoms with Crippen molar-refractivity contribution < 1.29 is 27.4 Å². The van der Waals surface area contributed by atoms with E-state index in [1.54, 1.807) is 21.0 Å². The summed E-state index contributed by atoms with van der Waals surface area (Å²) >= 11 is 0. The molecular formula is C20H44ClNO2. The quantitative estimate of drug-likeness (QED) is 0.191. The molecule has 3 nitrogen and oxygen atoms in total. The lowest BCUT2D eigenvalue weighted by molar-refractivity contribution is -1.13. The van der Waals surface area contributed by atoms with Crippen LogP contribution in [0.1, 0.15) is 110 Å². The standard InChI is InChI=1S/C20H44NO2.ClH/c1-5-6-7-8-9-10-11-12-13-14-15-16-17-18-19-20(2,22)21(3,4)23;/h22-23H,5-19H2,1-4H3;1H/q+1;/p-1. The summed E-state index contributed by atoms with van der Waals surface area (Å²) in [5.41, 5.74) is -1.03. The van der Waals surface area contributed by atoms with Crippen LogP contribution in [0.15, 0.2) is 0 Å². The van der Waals surface area contributed by atoms with E-state index in [0.717, 1.165) is 12.8 Å². The average molecular weight is 366 g/mol. The third kappa shape index (κ3) is 14.5. The Labute approximate surface area is 157 Å². The molecule has 0 radical (unpaired) electrons. The van der Waals surface area contributed by atoms with Gasteiger partial charge in [-0.1, -0.05) is 90.4 Å². The molecule has 0 amide bonds. The molecule has 0 aromatic carbocycles. The van der Waals surface area contributed by atoms with Gasteiger partial charge in [-0.25, -0.2) is 5.21 Å². The number of aliphatic hydroxyl groups is 1. The molecule has 0 aliphatic carbocycles. The van der Waals surface area contributed by atoms with Gasteiger partial charge in [0.1, 0.15) is 14.1 Å². The number of nitrogens with zero attached hydrogens (tertiary/aromatic N) is 1. The molecule has 1 unspecified atom stereocenters. The van der Waals surface area contributed by atoms with Gasteiger partial charge in [0.15, 0.2) is 0 Å². The Balaban J connectivity index is 0. The van der Waals surface area contributed by atoms with Crippen LogP contribution in [-0.4, -0.2) is 34.8 Å². The third-order valence-corrected chi connectivity index (χ3v) is 5.18. The minimum absolute atomic E-state index is 0. The Morgan fingerprint density at radius 3 is 1.25 bits per heavy atom. The van der Waals surface area contributed by atoms with Crippen molar-refractivity contribution in [1.82, 2.24) is 0 Å². The lowest BCUT2D eigenvalue weighted by atomic mass is 10.0. The topological polar surface area (TPSA) is 40.5 Å². The van der Waals surface area contributed by atoms with E-state index in [0.29, 0.717) is 6.42 Å². The molecule has 0 spiro atoms. The maximum atomic E-state index is 10.2. The highest BCUT2D eigenvalue weighted by Gasteiger charge is 2.37. The summed E-state index contributed by atoms with van der Waals surface area (Å²) in [6, 6.07) is 0. The van der Waals surface area contributed by atoms with Crippen LogP contribution in [-0.2, 0) is 0 Å². The first kappa shape index (κ1) is 26.4. The summed E-state index contributed by atoms with van der Waals surface area (Å²) < 4.78 is -0.370. The summed E-state index contributed by atoms with van der Waals surface area (Å²) in [5, 5.41) is 20.0. The number of halogens is 1. The SMILES string of the molecule is CCCCCCCCCCCCCCCCC(C)(O)[N+](C)(C)O.[Cl-]. The van der Waals surface area contributed by atoms with Crippen molar-refractivity contribution in [2.24, 2.45) is 0 Å². The van der Waals surface area contributed by atoms with Crippen LogP contribution in [0, 0.1) is 0 Å². The van der Waals surface area contributed by atoms with Gasteiger partial charge in [0.05, 0.1) is 0 Å². The van der Waals surface area contributed by atoms with Crippen LogP contribution in [0.5, 0.6) is 0 Å². The number of rotatable bonds is 16. The predicted molar refractivity (Wildman–Crippen MR) is 99.4 cm³/mol. The Kier molecular flexibility index (Phi) is 17.0. The molecule has 4 heteroatoms. The van der Waals surface area contributed by atoms with E-state index in [2.05, 4.69) is 6.92 Å². The molecule has 0 rings (SSSR count). The van der Waals surface area contributed by atoms with E-state index in [9.17, 15) is 10.3 Å². The number of hydroxylamine groups is 3. The van der Waals surface area contributed by atoms with Crippen molar-refractivity contribution >= 4 is 0 Å². The second-order valence-electron chi connectivity index (χ2n) is 7.96. The molecule has 24 heavy (non-hydrogen) atoms. The molecule has 0 aliphatic rings. The highest BCUT2D eigenvalue weighted by Crippen LogP contribution is 2.22. The lowest BCUT2D eigenvalue weighted by Gasteiger charge is -2.35.